The molecule has 2 saturated heterocycles. The number of benzene rings is 1. The van der Waals surface area contributed by atoms with Gasteiger partial charge in [-0.05, 0) is 83.1 Å². The van der Waals surface area contributed by atoms with Crippen molar-refractivity contribution in [2.45, 2.75) is 77.3 Å². The van der Waals surface area contributed by atoms with Crippen LogP contribution < -0.4 is 0 Å². The summed E-state index contributed by atoms with van der Waals surface area (Å²) in [5.74, 6) is 0. The summed E-state index contributed by atoms with van der Waals surface area (Å²) in [7, 11) is 0. The minimum Gasteiger partial charge on any atom is -0.444 e. The molecule has 0 aliphatic carbocycles. The molecule has 1 amide bonds. The second kappa shape index (κ2) is 7.84. The molecule has 164 valence electrons. The number of nitrogens with zero attached hydrogens (tertiary/aromatic N) is 3. The quantitative estimate of drug-likeness (QED) is 0.671. The summed E-state index contributed by atoms with van der Waals surface area (Å²) >= 11 is 0. The lowest BCUT2D eigenvalue weighted by molar-refractivity contribution is -0.0367. The number of piperidine rings is 1. The van der Waals surface area contributed by atoms with Crippen molar-refractivity contribution < 1.29 is 18.7 Å². The molecule has 3 heterocycles. The SMILES string of the molecule is Cc1cc2cnn(C3CCCCO3)c2cc1C1(F)CCCN(C(=O)OC(C)(C)C)C1. The van der Waals surface area contributed by atoms with E-state index < -0.39 is 17.4 Å². The van der Waals surface area contributed by atoms with E-state index in [2.05, 4.69) is 5.10 Å². The standard InChI is InChI=1S/C23H32FN3O3/c1-16-12-17-14-25-27(20-8-5-6-11-29-20)19(17)13-18(16)23(24)9-7-10-26(15-23)21(28)30-22(2,3)4/h12-14,20H,5-11,15H2,1-4H3. The Morgan fingerprint density at radius 3 is 2.80 bits per heavy atom. The van der Waals surface area contributed by atoms with Crippen molar-refractivity contribution in [3.8, 4) is 0 Å². The van der Waals surface area contributed by atoms with Crippen LogP contribution in [-0.2, 0) is 15.1 Å². The van der Waals surface area contributed by atoms with Gasteiger partial charge in [-0.15, -0.1) is 0 Å². The van der Waals surface area contributed by atoms with E-state index in [1.54, 1.807) is 0 Å². The van der Waals surface area contributed by atoms with E-state index in [4.69, 9.17) is 9.47 Å². The van der Waals surface area contributed by atoms with Crippen LogP contribution in [0.15, 0.2) is 18.3 Å². The molecule has 0 spiro atoms. The first-order chi connectivity index (χ1) is 14.2. The molecule has 7 heteroatoms. The van der Waals surface area contributed by atoms with Gasteiger partial charge in [0, 0.05) is 18.5 Å². The molecule has 2 fully saturated rings. The molecule has 2 aliphatic rings. The van der Waals surface area contributed by atoms with Gasteiger partial charge in [-0.25, -0.2) is 13.9 Å². The highest BCUT2D eigenvalue weighted by Crippen LogP contribution is 2.40. The summed E-state index contributed by atoms with van der Waals surface area (Å²) in [5.41, 5.74) is 0.167. The highest BCUT2D eigenvalue weighted by molar-refractivity contribution is 5.81. The molecule has 2 atom stereocenters. The lowest BCUT2D eigenvalue weighted by Gasteiger charge is -2.39. The summed E-state index contributed by atoms with van der Waals surface area (Å²) in [6.07, 6.45) is 5.31. The van der Waals surface area contributed by atoms with E-state index in [-0.39, 0.29) is 12.8 Å². The number of alkyl halides is 1. The molecule has 1 aromatic carbocycles. The number of halogens is 1. The molecule has 1 aromatic heterocycles. The average Bonchev–Trinajstić information content (AvgIpc) is 3.09. The Bertz CT molecular complexity index is 930. The first-order valence-electron chi connectivity index (χ1n) is 10.9. The molecule has 30 heavy (non-hydrogen) atoms. The number of hydrogen-bond donors (Lipinski definition) is 0. The minimum absolute atomic E-state index is 0.00231. The third kappa shape index (κ3) is 4.17. The van der Waals surface area contributed by atoms with E-state index in [9.17, 15) is 4.79 Å². The van der Waals surface area contributed by atoms with Crippen LogP contribution in [0.5, 0.6) is 0 Å². The Morgan fingerprint density at radius 1 is 1.30 bits per heavy atom. The molecule has 2 aromatic rings. The third-order valence-corrected chi connectivity index (χ3v) is 5.95. The largest absolute Gasteiger partial charge is 0.444 e. The van der Waals surface area contributed by atoms with Gasteiger partial charge in [0.25, 0.3) is 0 Å². The van der Waals surface area contributed by atoms with Gasteiger partial charge in [0.05, 0.1) is 18.3 Å². The second-order valence-corrected chi connectivity index (χ2v) is 9.61. The first-order valence-corrected chi connectivity index (χ1v) is 10.9. The monoisotopic (exact) mass is 417 g/mol. The molecular formula is C23H32FN3O3. The summed E-state index contributed by atoms with van der Waals surface area (Å²) in [5, 5.41) is 5.52. The van der Waals surface area contributed by atoms with Crippen LogP contribution in [0.25, 0.3) is 10.9 Å². The van der Waals surface area contributed by atoms with Gasteiger partial charge >= 0.3 is 6.09 Å². The normalized spacial score (nSPS) is 25.5. The van der Waals surface area contributed by atoms with Crippen molar-refractivity contribution in [1.82, 2.24) is 14.7 Å². The minimum atomic E-state index is -1.62. The molecule has 0 bridgehead atoms. The molecule has 0 saturated carbocycles. The lowest BCUT2D eigenvalue weighted by Crippen LogP contribution is -2.48. The fraction of sp³-hybridized carbons (Fsp3) is 0.652. The molecule has 2 unspecified atom stereocenters. The number of amides is 1. The van der Waals surface area contributed by atoms with Crippen molar-refractivity contribution >= 4 is 17.0 Å². The number of aromatic nitrogens is 2. The van der Waals surface area contributed by atoms with Crippen molar-refractivity contribution in [3.63, 3.8) is 0 Å². The maximum Gasteiger partial charge on any atom is 0.410 e. The maximum atomic E-state index is 16.3. The number of carbonyl (C=O) groups excluding carboxylic acids is 1. The van der Waals surface area contributed by atoms with Crippen molar-refractivity contribution in [2.75, 3.05) is 19.7 Å². The topological polar surface area (TPSA) is 56.6 Å². The maximum absolute atomic E-state index is 16.3. The highest BCUT2D eigenvalue weighted by atomic mass is 19.1. The fourth-order valence-corrected chi connectivity index (χ4v) is 4.55. The van der Waals surface area contributed by atoms with E-state index in [0.717, 1.165) is 42.3 Å². The Hall–Kier alpha value is -2.15. The van der Waals surface area contributed by atoms with E-state index in [0.29, 0.717) is 24.9 Å². The number of hydrogen-bond acceptors (Lipinski definition) is 4. The Kier molecular flexibility index (Phi) is 5.51. The number of fused-ring (bicyclic) bond motifs is 1. The van der Waals surface area contributed by atoms with E-state index >= 15 is 4.39 Å². The fourth-order valence-electron chi connectivity index (χ4n) is 4.55. The zero-order valence-corrected chi connectivity index (χ0v) is 18.4. The van der Waals surface area contributed by atoms with Crippen LogP contribution >= 0.6 is 0 Å². The van der Waals surface area contributed by atoms with Gasteiger partial charge in [-0.3, -0.25) is 0 Å². The molecule has 0 radical (unpaired) electrons. The zero-order chi connectivity index (χ0) is 21.5. The van der Waals surface area contributed by atoms with Gasteiger partial charge in [0.15, 0.2) is 11.9 Å². The molecular weight excluding hydrogens is 385 g/mol. The van der Waals surface area contributed by atoms with Gasteiger partial charge in [-0.2, -0.15) is 5.10 Å². The number of carbonyl (C=O) groups is 1. The molecule has 6 nitrogen and oxygen atoms in total. The number of likely N-dealkylation sites (tertiary alicyclic amines) is 1. The van der Waals surface area contributed by atoms with Crippen LogP contribution in [0.2, 0.25) is 0 Å². The summed E-state index contributed by atoms with van der Waals surface area (Å²) in [6, 6.07) is 3.90. The zero-order valence-electron chi connectivity index (χ0n) is 18.4. The highest BCUT2D eigenvalue weighted by Gasteiger charge is 2.41. The Labute approximate surface area is 177 Å². The van der Waals surface area contributed by atoms with E-state index in [1.807, 2.05) is 50.7 Å². The van der Waals surface area contributed by atoms with Crippen molar-refractivity contribution in [2.24, 2.45) is 0 Å². The molecule has 2 aliphatic heterocycles. The van der Waals surface area contributed by atoms with Gasteiger partial charge in [0.2, 0.25) is 0 Å². The molecule has 4 rings (SSSR count). The van der Waals surface area contributed by atoms with Crippen LogP contribution in [0.4, 0.5) is 9.18 Å². The Morgan fingerprint density at radius 2 is 2.10 bits per heavy atom. The molecule has 0 N–H and O–H groups in total. The van der Waals surface area contributed by atoms with Crippen LogP contribution in [-0.4, -0.2) is 46.1 Å². The lowest BCUT2D eigenvalue weighted by atomic mass is 9.84. The van der Waals surface area contributed by atoms with Crippen molar-refractivity contribution in [3.05, 3.63) is 29.5 Å². The van der Waals surface area contributed by atoms with Crippen LogP contribution in [0.3, 0.4) is 0 Å². The number of ether oxygens (including phenoxy) is 2. The predicted octanol–water partition coefficient (Wildman–Crippen LogP) is 5.24. The van der Waals surface area contributed by atoms with Gasteiger partial charge < -0.3 is 14.4 Å². The van der Waals surface area contributed by atoms with Crippen LogP contribution in [0, 0.1) is 6.92 Å². The second-order valence-electron chi connectivity index (χ2n) is 9.61. The average molecular weight is 418 g/mol. The van der Waals surface area contributed by atoms with Gasteiger partial charge in [0.1, 0.15) is 5.60 Å². The van der Waals surface area contributed by atoms with Crippen molar-refractivity contribution in [1.29, 1.82) is 0 Å². The number of rotatable bonds is 2. The number of aryl methyl sites for hydroxylation is 1. The summed E-state index contributed by atoms with van der Waals surface area (Å²) in [4.78, 5) is 14.1. The predicted molar refractivity (Wildman–Crippen MR) is 113 cm³/mol. The first kappa shape index (κ1) is 21.1. The van der Waals surface area contributed by atoms with Crippen LogP contribution in [0.1, 0.15) is 70.2 Å². The smallest absolute Gasteiger partial charge is 0.410 e. The Balaban J connectivity index is 1.65. The summed E-state index contributed by atoms with van der Waals surface area (Å²) < 4.78 is 29.6. The van der Waals surface area contributed by atoms with E-state index in [1.165, 1.54) is 4.90 Å². The van der Waals surface area contributed by atoms with Gasteiger partial charge in [-0.1, -0.05) is 0 Å². The third-order valence-electron chi connectivity index (χ3n) is 5.95. The summed E-state index contributed by atoms with van der Waals surface area (Å²) in [6.45, 7) is 8.63.